The first kappa shape index (κ1) is 19.3. The van der Waals surface area contributed by atoms with Crippen LogP contribution in [0.2, 0.25) is 0 Å². The van der Waals surface area contributed by atoms with E-state index in [-0.39, 0.29) is 35.7 Å². The third kappa shape index (κ3) is 4.13. The summed E-state index contributed by atoms with van der Waals surface area (Å²) in [4.78, 5) is 14.1. The number of hydrogen-bond acceptors (Lipinski definition) is 3. The molecule has 5 nitrogen and oxygen atoms in total. The number of amides is 1. The second-order valence-corrected chi connectivity index (χ2v) is 5.76. The van der Waals surface area contributed by atoms with Gasteiger partial charge < -0.3 is 10.2 Å². The lowest BCUT2D eigenvalue weighted by Gasteiger charge is -2.22. The molecular weight excluding hydrogens is 357 g/mol. The number of rotatable bonds is 3. The summed E-state index contributed by atoms with van der Waals surface area (Å²) in [6.45, 7) is 1.59. The zero-order valence-corrected chi connectivity index (χ0v) is 14.3. The Hall–Kier alpha value is -2.06. The van der Waals surface area contributed by atoms with Gasteiger partial charge in [0.1, 0.15) is 0 Å². The summed E-state index contributed by atoms with van der Waals surface area (Å²) >= 11 is 0. The number of likely N-dealkylation sites (N-methyl/N-ethyl adjacent to an activating group) is 1. The number of halogens is 4. The van der Waals surface area contributed by atoms with Gasteiger partial charge in [-0.2, -0.15) is 18.3 Å². The zero-order chi connectivity index (χ0) is 17.3. The molecule has 1 atom stereocenters. The van der Waals surface area contributed by atoms with Crippen molar-refractivity contribution in [3.8, 4) is 5.69 Å². The van der Waals surface area contributed by atoms with E-state index in [1.54, 1.807) is 11.9 Å². The van der Waals surface area contributed by atoms with Crippen LogP contribution in [0.3, 0.4) is 0 Å². The van der Waals surface area contributed by atoms with Crippen LogP contribution in [-0.4, -0.2) is 46.8 Å². The molecule has 0 aliphatic carbocycles. The molecule has 0 spiro atoms. The average Bonchev–Trinajstić information content (AvgIpc) is 3.24. The molecule has 0 saturated carbocycles. The van der Waals surface area contributed by atoms with Crippen molar-refractivity contribution >= 4 is 18.3 Å². The Morgan fingerprint density at radius 1 is 1.36 bits per heavy atom. The molecule has 1 amide bonds. The van der Waals surface area contributed by atoms with Crippen LogP contribution >= 0.6 is 12.4 Å². The predicted molar refractivity (Wildman–Crippen MR) is 89.2 cm³/mol. The molecule has 1 fully saturated rings. The SMILES string of the molecule is CN(C(=O)c1ccn(-c2cccc(C(F)(F)F)c2)n1)C1CCNC1.Cl. The van der Waals surface area contributed by atoms with Crippen molar-refractivity contribution < 1.29 is 18.0 Å². The molecule has 25 heavy (non-hydrogen) atoms. The van der Waals surface area contributed by atoms with E-state index in [0.717, 1.165) is 31.6 Å². The highest BCUT2D eigenvalue weighted by atomic mass is 35.5. The van der Waals surface area contributed by atoms with Crippen LogP contribution in [0.5, 0.6) is 0 Å². The Balaban J connectivity index is 0.00000225. The summed E-state index contributed by atoms with van der Waals surface area (Å²) in [6, 6.07) is 6.46. The van der Waals surface area contributed by atoms with Crippen LogP contribution in [0, 0.1) is 0 Å². The van der Waals surface area contributed by atoms with Crippen molar-refractivity contribution in [2.75, 3.05) is 20.1 Å². The monoisotopic (exact) mass is 374 g/mol. The topological polar surface area (TPSA) is 50.2 Å². The van der Waals surface area contributed by atoms with E-state index < -0.39 is 11.7 Å². The molecule has 2 heterocycles. The lowest BCUT2D eigenvalue weighted by molar-refractivity contribution is -0.137. The highest BCUT2D eigenvalue weighted by Crippen LogP contribution is 2.30. The maximum atomic E-state index is 12.8. The van der Waals surface area contributed by atoms with Gasteiger partial charge in [-0.15, -0.1) is 12.4 Å². The second kappa shape index (κ2) is 7.45. The standard InChI is InChI=1S/C16H17F3N4O.ClH/c1-22(13-5-7-20-10-13)15(24)14-6-8-23(21-14)12-4-2-3-11(9-12)16(17,18)19;/h2-4,6,8-9,13,20H,5,7,10H2,1H3;1H. The molecule has 1 saturated heterocycles. The van der Waals surface area contributed by atoms with Gasteiger partial charge in [0, 0.05) is 25.8 Å². The average molecular weight is 375 g/mol. The number of hydrogen-bond donors (Lipinski definition) is 1. The Morgan fingerprint density at radius 3 is 2.76 bits per heavy atom. The Kier molecular flexibility index (Phi) is 5.74. The highest BCUT2D eigenvalue weighted by Gasteiger charge is 2.30. The van der Waals surface area contributed by atoms with Gasteiger partial charge in [0.05, 0.1) is 11.3 Å². The number of alkyl halides is 3. The summed E-state index contributed by atoms with van der Waals surface area (Å²) < 4.78 is 39.7. The molecular formula is C16H18ClF3N4O. The van der Waals surface area contributed by atoms with Crippen LogP contribution in [0.4, 0.5) is 13.2 Å². The molecule has 1 aliphatic rings. The maximum absolute atomic E-state index is 12.8. The molecule has 1 aromatic heterocycles. The molecule has 1 N–H and O–H groups in total. The van der Waals surface area contributed by atoms with E-state index in [4.69, 9.17) is 0 Å². The van der Waals surface area contributed by atoms with E-state index in [1.165, 1.54) is 29.1 Å². The predicted octanol–water partition coefficient (Wildman–Crippen LogP) is 2.75. The van der Waals surface area contributed by atoms with Gasteiger partial charge in [-0.05, 0) is 37.2 Å². The third-order valence-corrected chi connectivity index (χ3v) is 4.15. The number of nitrogens with one attached hydrogen (secondary N) is 1. The van der Waals surface area contributed by atoms with Crippen LogP contribution in [0.1, 0.15) is 22.5 Å². The quantitative estimate of drug-likeness (QED) is 0.898. The minimum Gasteiger partial charge on any atom is -0.336 e. The smallest absolute Gasteiger partial charge is 0.336 e. The largest absolute Gasteiger partial charge is 0.416 e. The van der Waals surface area contributed by atoms with E-state index in [2.05, 4.69) is 10.4 Å². The van der Waals surface area contributed by atoms with Gasteiger partial charge in [0.2, 0.25) is 0 Å². The van der Waals surface area contributed by atoms with Crippen molar-refractivity contribution in [3.63, 3.8) is 0 Å². The van der Waals surface area contributed by atoms with Crippen molar-refractivity contribution in [1.82, 2.24) is 20.0 Å². The van der Waals surface area contributed by atoms with Crippen LogP contribution in [0.15, 0.2) is 36.5 Å². The summed E-state index contributed by atoms with van der Waals surface area (Å²) in [5.41, 5.74) is -0.284. The molecule has 9 heteroatoms. The number of benzene rings is 1. The van der Waals surface area contributed by atoms with Crippen molar-refractivity contribution in [2.24, 2.45) is 0 Å². The first-order chi connectivity index (χ1) is 11.4. The second-order valence-electron chi connectivity index (χ2n) is 5.76. The molecule has 1 aliphatic heterocycles. The fraction of sp³-hybridized carbons (Fsp3) is 0.375. The fourth-order valence-corrected chi connectivity index (χ4v) is 2.72. The maximum Gasteiger partial charge on any atom is 0.416 e. The molecule has 0 bridgehead atoms. The summed E-state index contributed by atoms with van der Waals surface area (Å²) in [5, 5.41) is 7.32. The molecule has 3 rings (SSSR count). The van der Waals surface area contributed by atoms with E-state index >= 15 is 0 Å². The lowest BCUT2D eigenvalue weighted by Crippen LogP contribution is -2.38. The van der Waals surface area contributed by atoms with Crippen LogP contribution < -0.4 is 5.32 Å². The Labute approximate surface area is 149 Å². The van der Waals surface area contributed by atoms with Gasteiger partial charge >= 0.3 is 6.18 Å². The molecule has 136 valence electrons. The van der Waals surface area contributed by atoms with Crippen molar-refractivity contribution in [1.29, 1.82) is 0 Å². The highest BCUT2D eigenvalue weighted by molar-refractivity contribution is 5.92. The third-order valence-electron chi connectivity index (χ3n) is 4.15. The number of nitrogens with zero attached hydrogens (tertiary/aromatic N) is 3. The minimum atomic E-state index is -4.42. The molecule has 2 aromatic rings. The van der Waals surface area contributed by atoms with Gasteiger partial charge in [-0.3, -0.25) is 4.79 Å². The van der Waals surface area contributed by atoms with Crippen LogP contribution in [0.25, 0.3) is 5.69 Å². The number of carbonyl (C=O) groups is 1. The molecule has 1 aromatic carbocycles. The van der Waals surface area contributed by atoms with Gasteiger partial charge in [0.25, 0.3) is 5.91 Å². The van der Waals surface area contributed by atoms with E-state index in [9.17, 15) is 18.0 Å². The Bertz CT molecular complexity index is 741. The fourth-order valence-electron chi connectivity index (χ4n) is 2.72. The van der Waals surface area contributed by atoms with Crippen molar-refractivity contribution in [2.45, 2.75) is 18.6 Å². The number of aromatic nitrogens is 2. The first-order valence-corrected chi connectivity index (χ1v) is 7.57. The van der Waals surface area contributed by atoms with Crippen LogP contribution in [-0.2, 0) is 6.18 Å². The van der Waals surface area contributed by atoms with Gasteiger partial charge in [-0.25, -0.2) is 4.68 Å². The minimum absolute atomic E-state index is 0. The molecule has 0 radical (unpaired) electrons. The van der Waals surface area contributed by atoms with Gasteiger partial charge in [-0.1, -0.05) is 6.07 Å². The first-order valence-electron chi connectivity index (χ1n) is 7.57. The summed E-state index contributed by atoms with van der Waals surface area (Å²) in [6.07, 6.45) is -2.06. The van der Waals surface area contributed by atoms with Gasteiger partial charge in [0.15, 0.2) is 5.69 Å². The van der Waals surface area contributed by atoms with Crippen molar-refractivity contribution in [3.05, 3.63) is 47.8 Å². The zero-order valence-electron chi connectivity index (χ0n) is 13.5. The lowest BCUT2D eigenvalue weighted by atomic mass is 10.2. The van der Waals surface area contributed by atoms with E-state index in [0.29, 0.717) is 0 Å². The summed E-state index contributed by atoms with van der Waals surface area (Å²) in [5.74, 6) is -0.241. The normalized spacial score (nSPS) is 17.2. The Morgan fingerprint density at radius 2 is 2.12 bits per heavy atom. The number of carbonyl (C=O) groups excluding carboxylic acids is 1. The van der Waals surface area contributed by atoms with E-state index in [1.807, 2.05) is 0 Å². The summed E-state index contributed by atoms with van der Waals surface area (Å²) in [7, 11) is 1.71. The molecule has 1 unspecified atom stereocenters.